The van der Waals surface area contributed by atoms with Crippen molar-refractivity contribution in [3.8, 4) is 11.3 Å². The topological polar surface area (TPSA) is 77.8 Å². The van der Waals surface area contributed by atoms with Crippen molar-refractivity contribution < 1.29 is 13.2 Å². The lowest BCUT2D eigenvalue weighted by atomic mass is 9.82. The summed E-state index contributed by atoms with van der Waals surface area (Å²) in [6.07, 6.45) is 2.72. The number of nitrogens with two attached hydrogens (primary N) is 1. The Morgan fingerprint density at radius 2 is 1.97 bits per heavy atom. The van der Waals surface area contributed by atoms with Gasteiger partial charge < -0.3 is 5.73 Å². The summed E-state index contributed by atoms with van der Waals surface area (Å²) in [4.78, 5) is 6.16. The summed E-state index contributed by atoms with van der Waals surface area (Å²) in [5, 5.41) is 8.81. The van der Waals surface area contributed by atoms with E-state index in [9.17, 15) is 13.2 Å². The number of nitrogens with zero attached hydrogens (tertiary/aromatic N) is 6. The van der Waals surface area contributed by atoms with E-state index in [2.05, 4.69) is 20.1 Å². The van der Waals surface area contributed by atoms with Crippen molar-refractivity contribution in [2.24, 2.45) is 7.05 Å². The van der Waals surface area contributed by atoms with Crippen LogP contribution < -0.4 is 5.73 Å². The standard InChI is InChI=1S/C20H22F3N7/c1-28-10-13(8-26-28)11-29-4-2-19(12-29)3-5-30-17(19)7-16(27-30)14-6-15(20(21,22)23)18(24)25-9-14/h6-10H,2-5,11-12H2,1H3,(H2,24,25)/t19-/m1/s1. The first-order valence-corrected chi connectivity index (χ1v) is 9.85. The van der Waals surface area contributed by atoms with Gasteiger partial charge in [0, 0.05) is 61.3 Å². The molecule has 0 unspecified atom stereocenters. The number of hydrogen-bond acceptors (Lipinski definition) is 5. The Kier molecular flexibility index (Phi) is 4.18. The monoisotopic (exact) mass is 417 g/mol. The normalized spacial score (nSPS) is 21.6. The van der Waals surface area contributed by atoms with Gasteiger partial charge >= 0.3 is 6.18 Å². The van der Waals surface area contributed by atoms with Gasteiger partial charge in [0.2, 0.25) is 0 Å². The molecule has 1 saturated heterocycles. The van der Waals surface area contributed by atoms with Gasteiger partial charge in [-0.3, -0.25) is 14.3 Å². The molecule has 3 aromatic heterocycles. The van der Waals surface area contributed by atoms with Crippen molar-refractivity contribution in [1.29, 1.82) is 0 Å². The number of halogens is 3. The highest BCUT2D eigenvalue weighted by Gasteiger charge is 2.45. The number of pyridine rings is 1. The van der Waals surface area contributed by atoms with Crippen molar-refractivity contribution in [2.75, 3.05) is 18.8 Å². The molecule has 0 saturated carbocycles. The Morgan fingerprint density at radius 1 is 1.17 bits per heavy atom. The number of hydrogen-bond donors (Lipinski definition) is 1. The molecule has 1 fully saturated rings. The fraction of sp³-hybridized carbons (Fsp3) is 0.450. The highest BCUT2D eigenvalue weighted by molar-refractivity contribution is 5.63. The van der Waals surface area contributed by atoms with Crippen LogP contribution in [0.15, 0.2) is 30.7 Å². The smallest absolute Gasteiger partial charge is 0.383 e. The summed E-state index contributed by atoms with van der Waals surface area (Å²) >= 11 is 0. The molecule has 158 valence electrons. The second-order valence-electron chi connectivity index (χ2n) is 8.31. The van der Waals surface area contributed by atoms with Gasteiger partial charge in [0.25, 0.3) is 0 Å². The first-order chi connectivity index (χ1) is 14.2. The highest BCUT2D eigenvalue weighted by atomic mass is 19.4. The second-order valence-corrected chi connectivity index (χ2v) is 8.31. The molecule has 2 aliphatic heterocycles. The maximum Gasteiger partial charge on any atom is 0.419 e. The van der Waals surface area contributed by atoms with Crippen LogP contribution in [0.2, 0.25) is 0 Å². The Bertz CT molecular complexity index is 1100. The zero-order valence-electron chi connectivity index (χ0n) is 16.5. The molecule has 30 heavy (non-hydrogen) atoms. The third-order valence-corrected chi connectivity index (χ3v) is 6.24. The molecule has 1 spiro atoms. The van der Waals surface area contributed by atoms with Gasteiger partial charge in [-0.25, -0.2) is 4.98 Å². The number of rotatable bonds is 3. The minimum absolute atomic E-state index is 0.0123. The largest absolute Gasteiger partial charge is 0.419 e. The lowest BCUT2D eigenvalue weighted by Crippen LogP contribution is -2.28. The Hall–Kier alpha value is -2.88. The third-order valence-electron chi connectivity index (χ3n) is 6.24. The summed E-state index contributed by atoms with van der Waals surface area (Å²) in [5.74, 6) is -0.517. The van der Waals surface area contributed by atoms with Crippen molar-refractivity contribution in [2.45, 2.75) is 37.5 Å². The van der Waals surface area contributed by atoms with E-state index in [0.717, 1.165) is 50.8 Å². The van der Waals surface area contributed by atoms with E-state index in [1.807, 2.05) is 30.2 Å². The number of aryl methyl sites for hydroxylation is 2. The van der Waals surface area contributed by atoms with E-state index in [1.54, 1.807) is 4.68 Å². The summed E-state index contributed by atoms with van der Waals surface area (Å²) in [5.41, 5.74) is 7.60. The summed E-state index contributed by atoms with van der Waals surface area (Å²) < 4.78 is 43.4. The van der Waals surface area contributed by atoms with Gasteiger partial charge in [-0.05, 0) is 31.5 Å². The van der Waals surface area contributed by atoms with Gasteiger partial charge in [-0.15, -0.1) is 0 Å². The number of aromatic nitrogens is 5. The van der Waals surface area contributed by atoms with Crippen LogP contribution in [0.5, 0.6) is 0 Å². The van der Waals surface area contributed by atoms with Crippen LogP contribution in [-0.2, 0) is 31.7 Å². The van der Waals surface area contributed by atoms with E-state index in [1.165, 1.54) is 11.8 Å². The number of alkyl halides is 3. The van der Waals surface area contributed by atoms with Gasteiger partial charge in [-0.1, -0.05) is 0 Å². The zero-order valence-corrected chi connectivity index (χ0v) is 16.5. The minimum Gasteiger partial charge on any atom is -0.383 e. The average molecular weight is 417 g/mol. The van der Waals surface area contributed by atoms with Crippen LogP contribution in [-0.4, -0.2) is 42.5 Å². The molecule has 3 aromatic rings. The molecular weight excluding hydrogens is 395 g/mol. The molecule has 0 aromatic carbocycles. The molecule has 0 bridgehead atoms. The van der Waals surface area contributed by atoms with Crippen molar-refractivity contribution >= 4 is 5.82 Å². The predicted octanol–water partition coefficient (Wildman–Crippen LogP) is 2.83. The van der Waals surface area contributed by atoms with Crippen LogP contribution in [0.1, 0.15) is 29.7 Å². The van der Waals surface area contributed by atoms with Crippen molar-refractivity contribution in [3.05, 3.63) is 47.5 Å². The van der Waals surface area contributed by atoms with Gasteiger partial charge in [-0.2, -0.15) is 23.4 Å². The number of likely N-dealkylation sites (tertiary alicyclic amines) is 1. The molecular formula is C20H22F3N7. The average Bonchev–Trinajstić information content (AvgIpc) is 3.43. The molecule has 1 atom stereocenters. The van der Waals surface area contributed by atoms with Gasteiger partial charge in [0.05, 0.1) is 17.5 Å². The summed E-state index contributed by atoms with van der Waals surface area (Å²) in [7, 11) is 1.91. The molecule has 0 radical (unpaired) electrons. The second kappa shape index (κ2) is 6.56. The highest BCUT2D eigenvalue weighted by Crippen LogP contribution is 2.44. The fourth-order valence-corrected chi connectivity index (χ4v) is 4.76. The number of nitrogen functional groups attached to an aromatic ring is 1. The maximum absolute atomic E-state index is 13.2. The number of anilines is 1. The first-order valence-electron chi connectivity index (χ1n) is 9.85. The molecule has 10 heteroatoms. The van der Waals surface area contributed by atoms with Gasteiger partial charge in [0.15, 0.2) is 0 Å². The summed E-state index contributed by atoms with van der Waals surface area (Å²) in [6.45, 7) is 3.48. The van der Waals surface area contributed by atoms with E-state index in [0.29, 0.717) is 11.3 Å². The van der Waals surface area contributed by atoms with Crippen LogP contribution >= 0.6 is 0 Å². The lowest BCUT2D eigenvalue weighted by molar-refractivity contribution is -0.137. The number of fused-ring (bicyclic) bond motifs is 2. The molecule has 0 amide bonds. The quantitative estimate of drug-likeness (QED) is 0.709. The summed E-state index contributed by atoms with van der Waals surface area (Å²) in [6, 6.07) is 2.96. The van der Waals surface area contributed by atoms with E-state index >= 15 is 0 Å². The molecule has 0 aliphatic carbocycles. The van der Waals surface area contributed by atoms with E-state index in [-0.39, 0.29) is 5.41 Å². The molecule has 5 heterocycles. The lowest BCUT2D eigenvalue weighted by Gasteiger charge is -2.23. The minimum atomic E-state index is -4.55. The Balaban J connectivity index is 1.41. The van der Waals surface area contributed by atoms with Crippen LogP contribution in [0.4, 0.5) is 19.0 Å². The van der Waals surface area contributed by atoms with Crippen molar-refractivity contribution in [3.63, 3.8) is 0 Å². The fourth-order valence-electron chi connectivity index (χ4n) is 4.76. The third kappa shape index (κ3) is 3.15. The molecule has 2 aliphatic rings. The van der Waals surface area contributed by atoms with E-state index in [4.69, 9.17) is 5.73 Å². The SMILES string of the molecule is Cn1cc(CN2CC[C@@]3(CCn4nc(-c5cnc(N)c(C(F)(F)F)c5)cc43)C2)cn1. The van der Waals surface area contributed by atoms with Crippen LogP contribution in [0.25, 0.3) is 11.3 Å². The van der Waals surface area contributed by atoms with E-state index < -0.39 is 17.6 Å². The maximum atomic E-state index is 13.2. The van der Waals surface area contributed by atoms with Crippen molar-refractivity contribution in [1.82, 2.24) is 29.4 Å². The Morgan fingerprint density at radius 3 is 2.70 bits per heavy atom. The Labute approximate surface area is 171 Å². The zero-order chi connectivity index (χ0) is 21.1. The first kappa shape index (κ1) is 19.1. The predicted molar refractivity (Wildman–Crippen MR) is 104 cm³/mol. The molecule has 5 rings (SSSR count). The molecule has 7 nitrogen and oxygen atoms in total. The van der Waals surface area contributed by atoms with Crippen LogP contribution in [0.3, 0.4) is 0 Å². The van der Waals surface area contributed by atoms with Gasteiger partial charge in [0.1, 0.15) is 5.82 Å². The molecule has 2 N–H and O–H groups in total. The van der Waals surface area contributed by atoms with Crippen LogP contribution in [0, 0.1) is 0 Å².